The number of rotatable bonds is 8. The molecule has 11 heteroatoms. The number of unbranched alkanes of at least 4 members (excludes halogenated alkanes) is 2. The van der Waals surface area contributed by atoms with Gasteiger partial charge >= 0.3 is 17.8 Å². The van der Waals surface area contributed by atoms with Crippen molar-refractivity contribution in [2.75, 3.05) is 6.54 Å². The fourth-order valence-electron chi connectivity index (χ4n) is 2.74. The van der Waals surface area contributed by atoms with Crippen molar-refractivity contribution in [2.24, 2.45) is 0 Å². The molecule has 1 amide bonds. The average molecular weight is 389 g/mol. The molecular weight excluding hydrogens is 367 g/mol. The Bertz CT molecular complexity index is 926. The highest BCUT2D eigenvalue weighted by atomic mass is 19.4. The number of hydrogen-bond donors (Lipinski definition) is 2. The average Bonchev–Trinajstić information content (AvgIpc) is 2.98. The molecule has 2 heterocycles. The number of aryl methyl sites for hydroxylation is 2. The van der Waals surface area contributed by atoms with Gasteiger partial charge in [0.2, 0.25) is 0 Å². The third-order valence-corrected chi connectivity index (χ3v) is 4.07. The van der Waals surface area contributed by atoms with Crippen molar-refractivity contribution in [3.8, 4) is 0 Å². The second kappa shape index (κ2) is 8.40. The smallest absolute Gasteiger partial charge is 0.348 e. The number of carbonyl (C=O) groups is 1. The Morgan fingerprint density at radius 1 is 1.15 bits per heavy atom. The molecule has 0 saturated heterocycles. The molecular formula is C16H22F3N5O3. The quantitative estimate of drug-likeness (QED) is 0.667. The molecule has 0 atom stereocenters. The van der Waals surface area contributed by atoms with Crippen molar-refractivity contribution >= 4 is 17.1 Å². The van der Waals surface area contributed by atoms with Gasteiger partial charge in [-0.2, -0.15) is 13.2 Å². The summed E-state index contributed by atoms with van der Waals surface area (Å²) in [4.78, 5) is 43.1. The van der Waals surface area contributed by atoms with Crippen LogP contribution in [-0.4, -0.2) is 37.7 Å². The molecule has 0 saturated carbocycles. The molecule has 2 aromatic rings. The molecule has 0 aliphatic heterocycles. The van der Waals surface area contributed by atoms with E-state index in [4.69, 9.17) is 0 Å². The number of aromatic nitrogens is 4. The largest absolute Gasteiger partial charge is 0.471 e. The third kappa shape index (κ3) is 4.77. The summed E-state index contributed by atoms with van der Waals surface area (Å²) in [5.74, 6) is -1.56. The summed E-state index contributed by atoms with van der Waals surface area (Å²) in [6, 6.07) is 0. The number of nitrogens with one attached hydrogen (secondary N) is 2. The minimum absolute atomic E-state index is 0.00452. The lowest BCUT2D eigenvalue weighted by Gasteiger charge is -2.12. The Morgan fingerprint density at radius 2 is 1.81 bits per heavy atom. The fourth-order valence-corrected chi connectivity index (χ4v) is 2.74. The number of hydrogen-bond acceptors (Lipinski definition) is 4. The molecule has 0 aliphatic carbocycles. The van der Waals surface area contributed by atoms with Crippen LogP contribution in [0.2, 0.25) is 0 Å². The van der Waals surface area contributed by atoms with Gasteiger partial charge in [0.15, 0.2) is 5.65 Å². The van der Waals surface area contributed by atoms with Gasteiger partial charge in [-0.05, 0) is 19.8 Å². The van der Waals surface area contributed by atoms with Crippen LogP contribution < -0.4 is 16.6 Å². The topological polar surface area (TPSA) is 102 Å². The first-order valence-corrected chi connectivity index (χ1v) is 8.71. The van der Waals surface area contributed by atoms with Crippen molar-refractivity contribution in [2.45, 2.75) is 58.8 Å². The minimum Gasteiger partial charge on any atom is -0.348 e. The maximum Gasteiger partial charge on any atom is 0.471 e. The first-order chi connectivity index (χ1) is 12.7. The lowest BCUT2D eigenvalue weighted by Crippen LogP contribution is -2.41. The van der Waals surface area contributed by atoms with Crippen molar-refractivity contribution in [3.63, 3.8) is 0 Å². The second-order valence-corrected chi connectivity index (χ2v) is 6.23. The molecule has 2 aromatic heterocycles. The van der Waals surface area contributed by atoms with E-state index in [0.29, 0.717) is 12.4 Å². The Hall–Kier alpha value is -2.59. The van der Waals surface area contributed by atoms with Crippen LogP contribution in [0, 0.1) is 6.92 Å². The zero-order chi connectivity index (χ0) is 20.2. The van der Waals surface area contributed by atoms with Gasteiger partial charge < -0.3 is 10.3 Å². The maximum atomic E-state index is 12.7. The SMILES string of the molecule is CCCCCn1c(=O)n(CCCNC(=O)C(F)(F)F)c(=O)c2[nH]c(C)nc21. The number of halogens is 3. The Morgan fingerprint density at radius 3 is 2.44 bits per heavy atom. The fraction of sp³-hybridized carbons (Fsp3) is 0.625. The lowest BCUT2D eigenvalue weighted by atomic mass is 10.2. The minimum atomic E-state index is -4.96. The van der Waals surface area contributed by atoms with Crippen LogP contribution in [0.25, 0.3) is 11.2 Å². The summed E-state index contributed by atoms with van der Waals surface area (Å²) in [5, 5.41) is 1.72. The number of amides is 1. The molecule has 0 radical (unpaired) electrons. The molecule has 150 valence electrons. The summed E-state index contributed by atoms with van der Waals surface area (Å²) in [7, 11) is 0. The molecule has 0 aliphatic rings. The van der Waals surface area contributed by atoms with E-state index in [1.54, 1.807) is 12.2 Å². The Balaban J connectivity index is 2.24. The Kier molecular flexibility index (Phi) is 6.45. The molecule has 0 fully saturated rings. The second-order valence-electron chi connectivity index (χ2n) is 6.23. The van der Waals surface area contributed by atoms with Crippen LogP contribution >= 0.6 is 0 Å². The lowest BCUT2D eigenvalue weighted by molar-refractivity contribution is -0.173. The molecule has 2 N–H and O–H groups in total. The summed E-state index contributed by atoms with van der Waals surface area (Å²) in [6.45, 7) is 3.65. The van der Waals surface area contributed by atoms with E-state index in [9.17, 15) is 27.6 Å². The highest BCUT2D eigenvalue weighted by molar-refractivity contribution is 5.81. The van der Waals surface area contributed by atoms with Gasteiger partial charge in [-0.1, -0.05) is 19.8 Å². The van der Waals surface area contributed by atoms with Gasteiger partial charge in [0, 0.05) is 19.6 Å². The maximum absolute atomic E-state index is 12.7. The molecule has 8 nitrogen and oxygen atoms in total. The van der Waals surface area contributed by atoms with Crippen molar-refractivity contribution in [1.29, 1.82) is 0 Å². The summed E-state index contributed by atoms with van der Waals surface area (Å²) < 4.78 is 38.9. The van der Waals surface area contributed by atoms with E-state index >= 15 is 0 Å². The van der Waals surface area contributed by atoms with E-state index in [1.807, 2.05) is 6.92 Å². The normalized spacial score (nSPS) is 11.9. The van der Waals surface area contributed by atoms with Crippen LogP contribution in [0.15, 0.2) is 9.59 Å². The van der Waals surface area contributed by atoms with Gasteiger partial charge in [-0.15, -0.1) is 0 Å². The number of alkyl halides is 3. The van der Waals surface area contributed by atoms with Crippen molar-refractivity contribution < 1.29 is 18.0 Å². The van der Waals surface area contributed by atoms with E-state index in [1.165, 1.54) is 4.57 Å². The molecule has 2 rings (SSSR count). The van der Waals surface area contributed by atoms with Gasteiger partial charge in [0.25, 0.3) is 5.56 Å². The van der Waals surface area contributed by atoms with Crippen LogP contribution in [-0.2, 0) is 17.9 Å². The third-order valence-electron chi connectivity index (χ3n) is 4.07. The van der Waals surface area contributed by atoms with Gasteiger partial charge in [0.05, 0.1) is 0 Å². The summed E-state index contributed by atoms with van der Waals surface area (Å²) in [5.41, 5.74) is -0.676. The number of imidazole rings is 1. The highest BCUT2D eigenvalue weighted by Crippen LogP contribution is 2.13. The monoisotopic (exact) mass is 389 g/mol. The number of nitrogens with zero attached hydrogens (tertiary/aromatic N) is 3. The summed E-state index contributed by atoms with van der Waals surface area (Å²) >= 11 is 0. The van der Waals surface area contributed by atoms with Crippen LogP contribution in [0.4, 0.5) is 13.2 Å². The predicted molar refractivity (Wildman–Crippen MR) is 92.6 cm³/mol. The zero-order valence-electron chi connectivity index (χ0n) is 15.2. The van der Waals surface area contributed by atoms with Crippen LogP contribution in [0.3, 0.4) is 0 Å². The van der Waals surface area contributed by atoms with Crippen LogP contribution in [0.5, 0.6) is 0 Å². The highest BCUT2D eigenvalue weighted by Gasteiger charge is 2.38. The van der Waals surface area contributed by atoms with E-state index in [2.05, 4.69) is 9.97 Å². The molecule has 0 unspecified atom stereocenters. The van der Waals surface area contributed by atoms with E-state index in [0.717, 1.165) is 23.8 Å². The number of aromatic amines is 1. The van der Waals surface area contributed by atoms with Gasteiger partial charge in [-0.3, -0.25) is 18.7 Å². The molecule has 0 bridgehead atoms. The number of carbonyl (C=O) groups excluding carboxylic acids is 1. The first kappa shape index (κ1) is 20.7. The number of H-pyrrole nitrogens is 1. The number of fused-ring (bicyclic) bond motifs is 1. The standard InChI is InChI=1S/C16H22F3N5O3/c1-3-4-5-8-23-12-11(21-10(2)22-12)13(25)24(15(23)27)9-6-7-20-14(26)16(17,18)19/h3-9H2,1-2H3,(H,20,26)(H,21,22). The first-order valence-electron chi connectivity index (χ1n) is 8.71. The Labute approximate surface area is 152 Å². The summed E-state index contributed by atoms with van der Waals surface area (Å²) in [6.07, 6.45) is -2.37. The van der Waals surface area contributed by atoms with Crippen molar-refractivity contribution in [1.82, 2.24) is 24.4 Å². The molecule has 27 heavy (non-hydrogen) atoms. The van der Waals surface area contributed by atoms with E-state index < -0.39 is 23.3 Å². The predicted octanol–water partition coefficient (Wildman–Crippen LogP) is 1.45. The zero-order valence-corrected chi connectivity index (χ0v) is 15.2. The van der Waals surface area contributed by atoms with Crippen molar-refractivity contribution in [3.05, 3.63) is 26.7 Å². The van der Waals surface area contributed by atoms with E-state index in [-0.39, 0.29) is 30.7 Å². The van der Waals surface area contributed by atoms with Gasteiger partial charge in [0.1, 0.15) is 11.3 Å². The molecule has 0 spiro atoms. The molecule has 0 aromatic carbocycles. The van der Waals surface area contributed by atoms with Gasteiger partial charge in [-0.25, -0.2) is 9.78 Å². The van der Waals surface area contributed by atoms with Crippen LogP contribution in [0.1, 0.15) is 38.4 Å².